The molecule has 0 aliphatic heterocycles. The summed E-state index contributed by atoms with van der Waals surface area (Å²) >= 11 is 0. The second kappa shape index (κ2) is 8.93. The highest BCUT2D eigenvalue weighted by Crippen LogP contribution is 2.19. The van der Waals surface area contributed by atoms with Crippen LogP contribution in [0.25, 0.3) is 11.4 Å². The number of hydrogen-bond donors (Lipinski definition) is 0. The Morgan fingerprint density at radius 1 is 1.15 bits per heavy atom. The van der Waals surface area contributed by atoms with Crippen LogP contribution in [0, 0.1) is 5.82 Å². The molecule has 7 heteroatoms. The first kappa shape index (κ1) is 18.6. The first-order valence-electron chi connectivity index (χ1n) is 8.52. The first-order valence-corrected chi connectivity index (χ1v) is 8.52. The third kappa shape index (κ3) is 5.13. The van der Waals surface area contributed by atoms with Crippen LogP contribution in [0.3, 0.4) is 0 Å². The van der Waals surface area contributed by atoms with Crippen LogP contribution in [-0.2, 0) is 22.6 Å². The average Bonchev–Trinajstić information content (AvgIpc) is 3.16. The molecule has 0 aliphatic carbocycles. The predicted molar refractivity (Wildman–Crippen MR) is 95.4 cm³/mol. The van der Waals surface area contributed by atoms with Gasteiger partial charge in [0, 0.05) is 24.0 Å². The molecule has 140 valence electrons. The van der Waals surface area contributed by atoms with E-state index in [4.69, 9.17) is 14.0 Å². The van der Waals surface area contributed by atoms with E-state index in [0.29, 0.717) is 35.9 Å². The summed E-state index contributed by atoms with van der Waals surface area (Å²) in [5, 5.41) is 3.87. The normalized spacial score (nSPS) is 10.6. The monoisotopic (exact) mass is 370 g/mol. The van der Waals surface area contributed by atoms with E-state index in [-0.39, 0.29) is 24.8 Å². The smallest absolute Gasteiger partial charge is 0.306 e. The van der Waals surface area contributed by atoms with E-state index >= 15 is 0 Å². The molecular formula is C20H19FN2O4. The number of hydrogen-bond acceptors (Lipinski definition) is 6. The third-order valence-electron chi connectivity index (χ3n) is 3.92. The van der Waals surface area contributed by atoms with Gasteiger partial charge in [0.15, 0.2) is 0 Å². The number of carbonyl (C=O) groups is 1. The topological polar surface area (TPSA) is 74.5 Å². The van der Waals surface area contributed by atoms with Crippen molar-refractivity contribution in [3.05, 3.63) is 65.8 Å². The van der Waals surface area contributed by atoms with Gasteiger partial charge in [-0.15, -0.1) is 0 Å². The molecule has 0 bridgehead atoms. The summed E-state index contributed by atoms with van der Waals surface area (Å²) in [5.74, 6) is 0.869. The molecule has 2 aromatic carbocycles. The zero-order valence-electron chi connectivity index (χ0n) is 14.9. The number of rotatable bonds is 8. The molecule has 0 spiro atoms. The van der Waals surface area contributed by atoms with Crippen molar-refractivity contribution in [3.63, 3.8) is 0 Å². The quantitative estimate of drug-likeness (QED) is 0.559. The number of benzene rings is 2. The van der Waals surface area contributed by atoms with Gasteiger partial charge in [-0.2, -0.15) is 4.98 Å². The standard InChI is InChI=1S/C20H19FN2O4/c1-25-17-6-3-2-5-15(17)13-26-19(24)8-4-7-18-22-20(23-27-18)14-9-11-16(21)12-10-14/h2-3,5-6,9-12H,4,7-8,13H2,1H3. The van der Waals surface area contributed by atoms with Crippen LogP contribution in [0.1, 0.15) is 24.3 Å². The van der Waals surface area contributed by atoms with Crippen molar-refractivity contribution in [1.29, 1.82) is 0 Å². The van der Waals surface area contributed by atoms with Gasteiger partial charge < -0.3 is 14.0 Å². The summed E-state index contributed by atoms with van der Waals surface area (Å²) in [6, 6.07) is 13.2. The van der Waals surface area contributed by atoms with Gasteiger partial charge in [-0.05, 0) is 36.8 Å². The van der Waals surface area contributed by atoms with Gasteiger partial charge in [-0.3, -0.25) is 4.79 Å². The number of aryl methyl sites for hydroxylation is 1. The summed E-state index contributed by atoms with van der Waals surface area (Å²) in [5.41, 5.74) is 1.48. The Kier molecular flexibility index (Phi) is 6.14. The fourth-order valence-corrected chi connectivity index (χ4v) is 2.51. The highest BCUT2D eigenvalue weighted by atomic mass is 19.1. The number of esters is 1. The van der Waals surface area contributed by atoms with Gasteiger partial charge in [0.2, 0.25) is 11.7 Å². The van der Waals surface area contributed by atoms with Crippen LogP contribution in [0.15, 0.2) is 53.1 Å². The van der Waals surface area contributed by atoms with Crippen LogP contribution < -0.4 is 4.74 Å². The van der Waals surface area contributed by atoms with E-state index in [2.05, 4.69) is 10.1 Å². The van der Waals surface area contributed by atoms with Crippen molar-refractivity contribution in [2.45, 2.75) is 25.9 Å². The number of nitrogens with zero attached hydrogens (tertiary/aromatic N) is 2. The maximum Gasteiger partial charge on any atom is 0.306 e. The molecule has 0 saturated carbocycles. The molecule has 0 N–H and O–H groups in total. The average molecular weight is 370 g/mol. The molecule has 0 atom stereocenters. The fourth-order valence-electron chi connectivity index (χ4n) is 2.51. The Morgan fingerprint density at radius 3 is 2.70 bits per heavy atom. The summed E-state index contributed by atoms with van der Waals surface area (Å²) in [4.78, 5) is 16.2. The van der Waals surface area contributed by atoms with Crippen molar-refractivity contribution in [1.82, 2.24) is 10.1 Å². The molecule has 0 aliphatic rings. The number of para-hydroxylation sites is 1. The minimum absolute atomic E-state index is 0.165. The molecule has 3 rings (SSSR count). The highest BCUT2D eigenvalue weighted by molar-refractivity contribution is 5.69. The van der Waals surface area contributed by atoms with Crippen molar-refractivity contribution >= 4 is 5.97 Å². The maximum atomic E-state index is 12.9. The summed E-state index contributed by atoms with van der Waals surface area (Å²) in [6.07, 6.45) is 1.22. The van der Waals surface area contributed by atoms with E-state index < -0.39 is 0 Å². The van der Waals surface area contributed by atoms with Gasteiger partial charge in [0.1, 0.15) is 18.2 Å². The largest absolute Gasteiger partial charge is 0.496 e. The zero-order chi connectivity index (χ0) is 19.1. The molecule has 6 nitrogen and oxygen atoms in total. The van der Waals surface area contributed by atoms with Crippen LogP contribution in [0.4, 0.5) is 4.39 Å². The molecule has 0 fully saturated rings. The maximum absolute atomic E-state index is 12.9. The molecule has 0 unspecified atom stereocenters. The zero-order valence-corrected chi connectivity index (χ0v) is 14.9. The minimum Gasteiger partial charge on any atom is -0.496 e. The summed E-state index contributed by atoms with van der Waals surface area (Å²) in [7, 11) is 1.57. The number of carbonyl (C=O) groups excluding carboxylic acids is 1. The van der Waals surface area contributed by atoms with Gasteiger partial charge >= 0.3 is 5.97 Å². The third-order valence-corrected chi connectivity index (χ3v) is 3.92. The lowest BCUT2D eigenvalue weighted by Gasteiger charge is -2.08. The number of halogens is 1. The van der Waals surface area contributed by atoms with E-state index in [9.17, 15) is 9.18 Å². The van der Waals surface area contributed by atoms with Crippen molar-refractivity contribution in [2.24, 2.45) is 0 Å². The first-order chi connectivity index (χ1) is 13.2. The molecule has 0 amide bonds. The molecule has 27 heavy (non-hydrogen) atoms. The van der Waals surface area contributed by atoms with Gasteiger partial charge in [0.25, 0.3) is 0 Å². The number of ether oxygens (including phenoxy) is 2. The van der Waals surface area contributed by atoms with E-state index in [1.807, 2.05) is 24.3 Å². The second-order valence-corrected chi connectivity index (χ2v) is 5.84. The summed E-state index contributed by atoms with van der Waals surface area (Å²) < 4.78 is 28.6. The van der Waals surface area contributed by atoms with Crippen LogP contribution in [-0.4, -0.2) is 23.2 Å². The Labute approximate surface area is 155 Å². The van der Waals surface area contributed by atoms with E-state index in [1.165, 1.54) is 12.1 Å². The Balaban J connectivity index is 1.44. The van der Waals surface area contributed by atoms with Crippen molar-refractivity contribution in [2.75, 3.05) is 7.11 Å². The molecular weight excluding hydrogens is 351 g/mol. The molecule has 1 heterocycles. The van der Waals surface area contributed by atoms with Crippen molar-refractivity contribution < 1.29 is 23.2 Å². The molecule has 3 aromatic rings. The lowest BCUT2D eigenvalue weighted by molar-refractivity contribution is -0.145. The van der Waals surface area contributed by atoms with Crippen LogP contribution in [0.5, 0.6) is 5.75 Å². The van der Waals surface area contributed by atoms with Gasteiger partial charge in [-0.1, -0.05) is 23.4 Å². The number of methoxy groups -OCH3 is 1. The fraction of sp³-hybridized carbons (Fsp3) is 0.250. The van der Waals surface area contributed by atoms with Gasteiger partial charge in [0.05, 0.1) is 7.11 Å². The Morgan fingerprint density at radius 2 is 1.93 bits per heavy atom. The van der Waals surface area contributed by atoms with Gasteiger partial charge in [-0.25, -0.2) is 4.39 Å². The lowest BCUT2D eigenvalue weighted by atomic mass is 10.2. The Hall–Kier alpha value is -3.22. The SMILES string of the molecule is COc1ccccc1COC(=O)CCCc1nc(-c2ccc(F)cc2)no1. The molecule has 0 saturated heterocycles. The summed E-state index contributed by atoms with van der Waals surface area (Å²) in [6.45, 7) is 0.165. The van der Waals surface area contributed by atoms with Crippen LogP contribution in [0.2, 0.25) is 0 Å². The van der Waals surface area contributed by atoms with Crippen molar-refractivity contribution in [3.8, 4) is 17.1 Å². The second-order valence-electron chi connectivity index (χ2n) is 5.84. The molecule has 1 aromatic heterocycles. The predicted octanol–water partition coefficient (Wildman–Crippen LogP) is 3.95. The Bertz CT molecular complexity index is 893. The van der Waals surface area contributed by atoms with E-state index in [0.717, 1.165) is 5.56 Å². The number of aromatic nitrogens is 2. The minimum atomic E-state index is -0.325. The van der Waals surface area contributed by atoms with E-state index in [1.54, 1.807) is 19.2 Å². The molecule has 0 radical (unpaired) electrons. The lowest BCUT2D eigenvalue weighted by Crippen LogP contribution is -2.06. The highest BCUT2D eigenvalue weighted by Gasteiger charge is 2.11. The van der Waals surface area contributed by atoms with Crippen LogP contribution >= 0.6 is 0 Å².